The second kappa shape index (κ2) is 7.41. The molecule has 6 heteroatoms. The van der Waals surface area contributed by atoms with Crippen molar-refractivity contribution in [2.45, 2.75) is 6.42 Å². The first kappa shape index (κ1) is 17.2. The summed E-state index contributed by atoms with van der Waals surface area (Å²) >= 11 is 0. The minimum Gasteiger partial charge on any atom is -0.478 e. The number of anilines is 1. The second-order valence-electron chi connectivity index (χ2n) is 5.46. The van der Waals surface area contributed by atoms with E-state index in [1.807, 2.05) is 0 Å². The molecule has 2 aromatic carbocycles. The minimum absolute atomic E-state index is 0.0408. The van der Waals surface area contributed by atoms with E-state index in [1.165, 1.54) is 11.0 Å². The zero-order chi connectivity index (χ0) is 17.7. The number of carboxylic acids is 1. The molecule has 2 aromatic rings. The summed E-state index contributed by atoms with van der Waals surface area (Å²) in [7, 11) is 3.33. The van der Waals surface area contributed by atoms with Crippen LogP contribution in [-0.4, -0.2) is 41.9 Å². The highest BCUT2D eigenvalue weighted by molar-refractivity contribution is 5.97. The van der Waals surface area contributed by atoms with Crippen LogP contribution in [0.2, 0.25) is 0 Å². The van der Waals surface area contributed by atoms with Gasteiger partial charge in [0.15, 0.2) is 0 Å². The molecule has 2 N–H and O–H groups in total. The van der Waals surface area contributed by atoms with Gasteiger partial charge in [0.05, 0.1) is 12.0 Å². The third-order valence-corrected chi connectivity index (χ3v) is 3.42. The third-order valence-electron chi connectivity index (χ3n) is 3.42. The van der Waals surface area contributed by atoms with E-state index in [4.69, 9.17) is 5.11 Å². The summed E-state index contributed by atoms with van der Waals surface area (Å²) in [6, 6.07) is 12.9. The Bertz CT molecular complexity index is 767. The van der Waals surface area contributed by atoms with Gasteiger partial charge in [-0.15, -0.1) is 0 Å². The molecule has 0 aliphatic rings. The summed E-state index contributed by atoms with van der Waals surface area (Å²) in [4.78, 5) is 36.5. The van der Waals surface area contributed by atoms with Gasteiger partial charge in [0.2, 0.25) is 5.91 Å². The molecule has 0 aromatic heterocycles. The number of nitrogens with one attached hydrogen (secondary N) is 1. The second-order valence-corrected chi connectivity index (χ2v) is 5.46. The molecule has 2 rings (SSSR count). The zero-order valence-electron chi connectivity index (χ0n) is 13.4. The van der Waals surface area contributed by atoms with E-state index in [2.05, 4.69) is 5.32 Å². The van der Waals surface area contributed by atoms with Crippen molar-refractivity contribution in [2.75, 3.05) is 19.4 Å². The lowest BCUT2D eigenvalue weighted by molar-refractivity contribution is -0.115. The fraction of sp³-hybridized carbons (Fsp3) is 0.167. The number of aromatic carboxylic acids is 1. The van der Waals surface area contributed by atoms with Crippen LogP contribution in [0.15, 0.2) is 48.5 Å². The SMILES string of the molecule is CN(C)C(=O)c1ccc(NC(=O)Cc2ccccc2C(=O)O)cc1. The topological polar surface area (TPSA) is 86.7 Å². The summed E-state index contributed by atoms with van der Waals surface area (Å²) in [6.45, 7) is 0. The van der Waals surface area contributed by atoms with Gasteiger partial charge in [0, 0.05) is 25.3 Å². The van der Waals surface area contributed by atoms with E-state index in [0.717, 1.165) is 0 Å². The Labute approximate surface area is 139 Å². The molecule has 0 spiro atoms. The molecule has 0 bridgehead atoms. The molecule has 0 radical (unpaired) electrons. The molecule has 0 aliphatic carbocycles. The molecule has 0 saturated heterocycles. The van der Waals surface area contributed by atoms with Crippen LogP contribution >= 0.6 is 0 Å². The van der Waals surface area contributed by atoms with Crippen LogP contribution in [0.25, 0.3) is 0 Å². The van der Waals surface area contributed by atoms with Crippen LogP contribution < -0.4 is 5.32 Å². The van der Waals surface area contributed by atoms with Crippen molar-refractivity contribution in [3.05, 3.63) is 65.2 Å². The van der Waals surface area contributed by atoms with Gasteiger partial charge in [-0.25, -0.2) is 4.79 Å². The first-order chi connectivity index (χ1) is 11.4. The third kappa shape index (κ3) is 4.19. The number of nitrogens with zero attached hydrogens (tertiary/aromatic N) is 1. The lowest BCUT2D eigenvalue weighted by atomic mass is 10.0. The number of carboxylic acid groups (broad SMARTS) is 1. The maximum absolute atomic E-state index is 12.1. The van der Waals surface area contributed by atoms with E-state index in [9.17, 15) is 14.4 Å². The highest BCUT2D eigenvalue weighted by Gasteiger charge is 2.13. The van der Waals surface area contributed by atoms with Crippen molar-refractivity contribution >= 4 is 23.5 Å². The summed E-state index contributed by atoms with van der Waals surface area (Å²) in [6.07, 6.45) is -0.0408. The first-order valence-electron chi connectivity index (χ1n) is 7.31. The Hall–Kier alpha value is -3.15. The van der Waals surface area contributed by atoms with Gasteiger partial charge in [-0.3, -0.25) is 9.59 Å². The Morgan fingerprint density at radius 2 is 1.62 bits per heavy atom. The van der Waals surface area contributed by atoms with Crippen LogP contribution in [0.5, 0.6) is 0 Å². The van der Waals surface area contributed by atoms with Crippen molar-refractivity contribution in [2.24, 2.45) is 0 Å². The highest BCUT2D eigenvalue weighted by atomic mass is 16.4. The molecule has 0 atom stereocenters. The number of hydrogen-bond donors (Lipinski definition) is 2. The monoisotopic (exact) mass is 326 g/mol. The molecular weight excluding hydrogens is 308 g/mol. The van der Waals surface area contributed by atoms with Crippen molar-refractivity contribution in [1.82, 2.24) is 4.90 Å². The predicted octanol–water partition coefficient (Wildman–Crippen LogP) is 2.27. The Morgan fingerprint density at radius 1 is 1.00 bits per heavy atom. The zero-order valence-corrected chi connectivity index (χ0v) is 13.4. The number of amides is 2. The average Bonchev–Trinajstić information content (AvgIpc) is 2.55. The van der Waals surface area contributed by atoms with Gasteiger partial charge < -0.3 is 15.3 Å². The van der Waals surface area contributed by atoms with E-state index >= 15 is 0 Å². The van der Waals surface area contributed by atoms with Crippen LogP contribution in [0.3, 0.4) is 0 Å². The molecule has 6 nitrogen and oxygen atoms in total. The average molecular weight is 326 g/mol. The van der Waals surface area contributed by atoms with E-state index in [1.54, 1.807) is 56.6 Å². The molecule has 0 fully saturated rings. The molecule has 24 heavy (non-hydrogen) atoms. The van der Waals surface area contributed by atoms with Crippen LogP contribution in [0.1, 0.15) is 26.3 Å². The van der Waals surface area contributed by atoms with Crippen molar-refractivity contribution in [3.63, 3.8) is 0 Å². The summed E-state index contributed by atoms with van der Waals surface area (Å²) in [5.74, 6) is -1.51. The van der Waals surface area contributed by atoms with Gasteiger partial charge in [-0.2, -0.15) is 0 Å². The summed E-state index contributed by atoms with van der Waals surface area (Å²) in [5.41, 5.74) is 1.62. The molecule has 0 saturated carbocycles. The molecular formula is C18H18N2O4. The lowest BCUT2D eigenvalue weighted by Gasteiger charge is -2.11. The van der Waals surface area contributed by atoms with Gasteiger partial charge in [-0.05, 0) is 35.9 Å². The fourth-order valence-corrected chi connectivity index (χ4v) is 2.22. The predicted molar refractivity (Wildman–Crippen MR) is 90.2 cm³/mol. The largest absolute Gasteiger partial charge is 0.478 e. The highest BCUT2D eigenvalue weighted by Crippen LogP contribution is 2.13. The normalized spacial score (nSPS) is 10.1. The number of hydrogen-bond acceptors (Lipinski definition) is 3. The standard InChI is InChI=1S/C18H18N2O4/c1-20(2)17(22)12-7-9-14(10-8-12)19-16(21)11-13-5-3-4-6-15(13)18(23)24/h3-10H,11H2,1-2H3,(H,19,21)(H,23,24). The number of carbonyl (C=O) groups is 3. The molecule has 124 valence electrons. The van der Waals surface area contributed by atoms with E-state index < -0.39 is 5.97 Å². The van der Waals surface area contributed by atoms with Gasteiger partial charge in [-0.1, -0.05) is 18.2 Å². The quantitative estimate of drug-likeness (QED) is 0.882. The molecule has 0 aliphatic heterocycles. The molecule has 0 heterocycles. The fourth-order valence-electron chi connectivity index (χ4n) is 2.22. The Morgan fingerprint density at radius 3 is 2.21 bits per heavy atom. The number of benzene rings is 2. The number of carbonyl (C=O) groups excluding carboxylic acids is 2. The van der Waals surface area contributed by atoms with Crippen molar-refractivity contribution in [1.29, 1.82) is 0 Å². The molecule has 2 amide bonds. The van der Waals surface area contributed by atoms with Crippen LogP contribution in [0, 0.1) is 0 Å². The first-order valence-corrected chi connectivity index (χ1v) is 7.31. The smallest absolute Gasteiger partial charge is 0.335 e. The maximum Gasteiger partial charge on any atom is 0.335 e. The maximum atomic E-state index is 12.1. The van der Waals surface area contributed by atoms with E-state index in [0.29, 0.717) is 16.8 Å². The van der Waals surface area contributed by atoms with Crippen LogP contribution in [0.4, 0.5) is 5.69 Å². The van der Waals surface area contributed by atoms with Crippen molar-refractivity contribution < 1.29 is 19.5 Å². The van der Waals surface area contributed by atoms with E-state index in [-0.39, 0.29) is 23.8 Å². The van der Waals surface area contributed by atoms with Gasteiger partial charge >= 0.3 is 5.97 Å². The summed E-state index contributed by atoms with van der Waals surface area (Å²) < 4.78 is 0. The Balaban J connectivity index is 2.05. The van der Waals surface area contributed by atoms with Crippen LogP contribution in [-0.2, 0) is 11.2 Å². The molecule has 0 unspecified atom stereocenters. The van der Waals surface area contributed by atoms with Gasteiger partial charge in [0.1, 0.15) is 0 Å². The van der Waals surface area contributed by atoms with Gasteiger partial charge in [0.25, 0.3) is 5.91 Å². The summed E-state index contributed by atoms with van der Waals surface area (Å²) in [5, 5.41) is 11.8. The lowest BCUT2D eigenvalue weighted by Crippen LogP contribution is -2.21. The van der Waals surface area contributed by atoms with Crippen molar-refractivity contribution in [3.8, 4) is 0 Å². The minimum atomic E-state index is -1.06. The number of rotatable bonds is 5. The Kier molecular flexibility index (Phi) is 5.31.